The number of rotatable bonds is 8. The lowest BCUT2D eigenvalue weighted by atomic mass is 10.1. The number of fused-ring (bicyclic) bond motifs is 1. The molecule has 0 bridgehead atoms. The minimum absolute atomic E-state index is 0.0767. The molecule has 1 aliphatic rings. The van der Waals surface area contributed by atoms with Crippen molar-refractivity contribution < 1.29 is 17.9 Å². The summed E-state index contributed by atoms with van der Waals surface area (Å²) in [6, 6.07) is 11.9. The lowest BCUT2D eigenvalue weighted by molar-refractivity contribution is 0.102. The minimum atomic E-state index is -3.35. The Kier molecular flexibility index (Phi) is 6.12. The molecule has 1 amide bonds. The molecule has 3 aromatic heterocycles. The standard InChI is InChI=1S/C24H23N5O4S2/c1-14(2)33-18-11-15(22(30)29-24-28-20-4-3-9-25-23(20)34-24)10-17(12-18)27-16-5-8-21(26-13-16)35(31,32)19-6-7-19/h3-5,8-14,19,27H,6-7H2,1-2H3,(H,28,29,30). The van der Waals surface area contributed by atoms with Crippen LogP contribution in [0.15, 0.2) is 59.9 Å². The molecule has 180 valence electrons. The molecule has 4 aromatic rings. The Morgan fingerprint density at radius 3 is 2.63 bits per heavy atom. The zero-order chi connectivity index (χ0) is 24.6. The smallest absolute Gasteiger partial charge is 0.257 e. The number of ether oxygens (including phenoxy) is 1. The van der Waals surface area contributed by atoms with Gasteiger partial charge in [-0.3, -0.25) is 10.1 Å². The Labute approximate surface area is 206 Å². The van der Waals surface area contributed by atoms with Crippen molar-refractivity contribution in [1.29, 1.82) is 0 Å². The van der Waals surface area contributed by atoms with Crippen molar-refractivity contribution in [2.75, 3.05) is 10.6 Å². The summed E-state index contributed by atoms with van der Waals surface area (Å²) >= 11 is 1.29. The second kappa shape index (κ2) is 9.23. The van der Waals surface area contributed by atoms with E-state index >= 15 is 0 Å². The Morgan fingerprint density at radius 2 is 1.94 bits per heavy atom. The van der Waals surface area contributed by atoms with Crippen molar-refractivity contribution in [3.05, 3.63) is 60.4 Å². The van der Waals surface area contributed by atoms with Gasteiger partial charge in [0.15, 0.2) is 20.0 Å². The number of thiazole rings is 1. The van der Waals surface area contributed by atoms with Gasteiger partial charge in [-0.15, -0.1) is 0 Å². The predicted octanol–water partition coefficient (Wildman–Crippen LogP) is 4.81. The Balaban J connectivity index is 1.38. The van der Waals surface area contributed by atoms with Crippen LogP contribution in [0, 0.1) is 0 Å². The van der Waals surface area contributed by atoms with E-state index in [0.29, 0.717) is 46.2 Å². The molecule has 3 heterocycles. The second-order valence-electron chi connectivity index (χ2n) is 8.47. The lowest BCUT2D eigenvalue weighted by Crippen LogP contribution is -2.13. The van der Waals surface area contributed by atoms with Gasteiger partial charge in [-0.25, -0.2) is 23.4 Å². The summed E-state index contributed by atoms with van der Waals surface area (Å²) in [7, 11) is -3.35. The maximum atomic E-state index is 13.0. The largest absolute Gasteiger partial charge is 0.491 e. The molecule has 0 spiro atoms. The van der Waals surface area contributed by atoms with Crippen LogP contribution < -0.4 is 15.4 Å². The van der Waals surface area contributed by atoms with Gasteiger partial charge in [-0.05, 0) is 63.1 Å². The van der Waals surface area contributed by atoms with Crippen LogP contribution >= 0.6 is 11.3 Å². The molecule has 2 N–H and O–H groups in total. The fraction of sp³-hybridized carbons (Fsp3) is 0.250. The highest BCUT2D eigenvalue weighted by Gasteiger charge is 2.37. The van der Waals surface area contributed by atoms with Crippen LogP contribution in [0.4, 0.5) is 16.5 Å². The van der Waals surface area contributed by atoms with Gasteiger partial charge < -0.3 is 10.1 Å². The van der Waals surface area contributed by atoms with Crippen molar-refractivity contribution in [3.63, 3.8) is 0 Å². The van der Waals surface area contributed by atoms with Crippen molar-refractivity contribution in [2.45, 2.75) is 43.1 Å². The molecule has 5 rings (SSSR count). The molecular weight excluding hydrogens is 486 g/mol. The average Bonchev–Trinajstić information content (AvgIpc) is 3.60. The number of aromatic nitrogens is 3. The molecule has 0 saturated heterocycles. The molecular formula is C24H23N5O4S2. The van der Waals surface area contributed by atoms with E-state index in [4.69, 9.17) is 4.74 Å². The third-order valence-electron chi connectivity index (χ3n) is 5.21. The van der Waals surface area contributed by atoms with Gasteiger partial charge in [0.1, 0.15) is 16.1 Å². The highest BCUT2D eigenvalue weighted by atomic mass is 32.2. The maximum Gasteiger partial charge on any atom is 0.257 e. The Hall–Kier alpha value is -3.57. The first-order chi connectivity index (χ1) is 16.8. The van der Waals surface area contributed by atoms with E-state index in [1.807, 2.05) is 19.9 Å². The van der Waals surface area contributed by atoms with Gasteiger partial charge in [0, 0.05) is 23.5 Å². The van der Waals surface area contributed by atoms with Crippen LogP contribution in [0.25, 0.3) is 10.3 Å². The van der Waals surface area contributed by atoms with E-state index in [9.17, 15) is 13.2 Å². The molecule has 0 aliphatic heterocycles. The number of nitrogens with one attached hydrogen (secondary N) is 2. The van der Waals surface area contributed by atoms with E-state index in [-0.39, 0.29) is 22.3 Å². The number of pyridine rings is 2. The van der Waals surface area contributed by atoms with Gasteiger partial charge in [-0.2, -0.15) is 0 Å². The molecule has 1 saturated carbocycles. The van der Waals surface area contributed by atoms with Crippen LogP contribution in [0.1, 0.15) is 37.0 Å². The first kappa shape index (κ1) is 23.2. The van der Waals surface area contributed by atoms with Gasteiger partial charge in [0.05, 0.1) is 23.2 Å². The number of benzene rings is 1. The highest BCUT2D eigenvalue weighted by molar-refractivity contribution is 7.92. The minimum Gasteiger partial charge on any atom is -0.491 e. The maximum absolute atomic E-state index is 13.0. The number of amides is 1. The van der Waals surface area contributed by atoms with E-state index in [1.54, 1.807) is 36.5 Å². The van der Waals surface area contributed by atoms with Crippen LogP contribution in [0.5, 0.6) is 5.75 Å². The predicted molar refractivity (Wildman–Crippen MR) is 135 cm³/mol. The third kappa shape index (κ3) is 5.25. The second-order valence-corrected chi connectivity index (χ2v) is 11.6. The molecule has 11 heteroatoms. The monoisotopic (exact) mass is 509 g/mol. The summed E-state index contributed by atoms with van der Waals surface area (Å²) in [5, 5.41) is 6.22. The fourth-order valence-electron chi connectivity index (χ4n) is 3.47. The van der Waals surface area contributed by atoms with E-state index in [1.165, 1.54) is 23.6 Å². The highest BCUT2D eigenvalue weighted by Crippen LogP contribution is 2.33. The van der Waals surface area contributed by atoms with Crippen molar-refractivity contribution in [1.82, 2.24) is 15.0 Å². The zero-order valence-electron chi connectivity index (χ0n) is 19.1. The summed E-state index contributed by atoms with van der Waals surface area (Å²) in [6.07, 6.45) is 4.43. The summed E-state index contributed by atoms with van der Waals surface area (Å²) < 4.78 is 30.6. The number of sulfone groups is 1. The number of nitrogens with zero attached hydrogens (tertiary/aromatic N) is 3. The van der Waals surface area contributed by atoms with Crippen molar-refractivity contribution in [3.8, 4) is 5.75 Å². The SMILES string of the molecule is CC(C)Oc1cc(Nc2ccc(S(=O)(=O)C3CC3)nc2)cc(C(=O)Nc2nc3cccnc3s2)c1. The van der Waals surface area contributed by atoms with E-state index in [0.717, 1.165) is 4.83 Å². The number of hydrogen-bond acceptors (Lipinski definition) is 9. The number of carbonyl (C=O) groups excluding carboxylic acids is 1. The van der Waals surface area contributed by atoms with Gasteiger partial charge in [0.25, 0.3) is 5.91 Å². The summed E-state index contributed by atoms with van der Waals surface area (Å²) in [6.45, 7) is 3.80. The average molecular weight is 510 g/mol. The Morgan fingerprint density at radius 1 is 1.11 bits per heavy atom. The number of anilines is 3. The molecule has 0 radical (unpaired) electrons. The quantitative estimate of drug-likeness (QED) is 0.347. The molecule has 35 heavy (non-hydrogen) atoms. The van der Waals surface area contributed by atoms with E-state index < -0.39 is 9.84 Å². The number of carbonyl (C=O) groups is 1. The van der Waals surface area contributed by atoms with Crippen LogP contribution in [-0.4, -0.2) is 40.6 Å². The first-order valence-corrected chi connectivity index (χ1v) is 13.5. The van der Waals surface area contributed by atoms with Crippen LogP contribution in [-0.2, 0) is 9.84 Å². The van der Waals surface area contributed by atoms with Crippen molar-refractivity contribution >= 4 is 53.9 Å². The zero-order valence-corrected chi connectivity index (χ0v) is 20.7. The normalized spacial score (nSPS) is 13.7. The van der Waals surface area contributed by atoms with Gasteiger partial charge in [-0.1, -0.05) is 11.3 Å². The molecule has 1 aromatic carbocycles. The molecule has 9 nitrogen and oxygen atoms in total. The lowest BCUT2D eigenvalue weighted by Gasteiger charge is -2.14. The summed E-state index contributed by atoms with van der Waals surface area (Å²) in [5.41, 5.74) is 2.27. The number of hydrogen-bond donors (Lipinski definition) is 2. The summed E-state index contributed by atoms with van der Waals surface area (Å²) in [5.74, 6) is 0.173. The van der Waals surface area contributed by atoms with E-state index in [2.05, 4.69) is 25.6 Å². The first-order valence-electron chi connectivity index (χ1n) is 11.1. The topological polar surface area (TPSA) is 123 Å². The Bertz CT molecular complexity index is 1460. The molecule has 0 unspecified atom stereocenters. The molecule has 1 aliphatic carbocycles. The van der Waals surface area contributed by atoms with Crippen LogP contribution in [0.2, 0.25) is 0 Å². The van der Waals surface area contributed by atoms with Crippen molar-refractivity contribution in [2.24, 2.45) is 0 Å². The summed E-state index contributed by atoms with van der Waals surface area (Å²) in [4.78, 5) is 26.6. The molecule has 1 fully saturated rings. The third-order valence-corrected chi connectivity index (χ3v) is 8.28. The van der Waals surface area contributed by atoms with Crippen LogP contribution in [0.3, 0.4) is 0 Å². The van der Waals surface area contributed by atoms with Gasteiger partial charge in [0.2, 0.25) is 0 Å². The molecule has 0 atom stereocenters. The fourth-order valence-corrected chi connectivity index (χ4v) is 5.83. The van der Waals surface area contributed by atoms with Gasteiger partial charge >= 0.3 is 0 Å².